The van der Waals surface area contributed by atoms with Crippen molar-refractivity contribution in [3.8, 4) is 5.75 Å². The highest BCUT2D eigenvalue weighted by molar-refractivity contribution is 7.16. The second-order valence-corrected chi connectivity index (χ2v) is 5.20. The molecular weight excluding hydrogens is 272 g/mol. The van der Waals surface area contributed by atoms with Crippen molar-refractivity contribution in [2.24, 2.45) is 0 Å². The molecule has 0 spiro atoms. The van der Waals surface area contributed by atoms with Crippen LogP contribution in [0, 0.1) is 0 Å². The van der Waals surface area contributed by atoms with Gasteiger partial charge in [0.15, 0.2) is 0 Å². The second kappa shape index (κ2) is 4.97. The van der Waals surface area contributed by atoms with Crippen LogP contribution in [0.1, 0.15) is 0 Å². The fraction of sp³-hybridized carbons (Fsp3) is 0.143. The molecule has 20 heavy (non-hydrogen) atoms. The van der Waals surface area contributed by atoms with Crippen LogP contribution in [0.15, 0.2) is 35.7 Å². The number of aromatic nitrogens is 2. The molecule has 0 amide bonds. The van der Waals surface area contributed by atoms with Gasteiger partial charge in [0.2, 0.25) is 5.95 Å². The Morgan fingerprint density at radius 2 is 1.90 bits per heavy atom. The van der Waals surface area contributed by atoms with Crippen molar-refractivity contribution in [2.45, 2.75) is 0 Å². The molecule has 102 valence electrons. The average Bonchev–Trinajstić information content (AvgIpc) is 2.94. The summed E-state index contributed by atoms with van der Waals surface area (Å²) in [7, 11) is 3.61. The molecule has 3 aromatic rings. The van der Waals surface area contributed by atoms with Crippen molar-refractivity contribution in [3.63, 3.8) is 0 Å². The molecule has 2 aromatic heterocycles. The Balaban J connectivity index is 2.06. The molecule has 0 radical (unpaired) electrons. The molecule has 0 bridgehead atoms. The summed E-state index contributed by atoms with van der Waals surface area (Å²) in [5.41, 5.74) is 6.79. The number of benzene rings is 1. The molecule has 6 heteroatoms. The van der Waals surface area contributed by atoms with Crippen LogP contribution in [0.2, 0.25) is 0 Å². The van der Waals surface area contributed by atoms with Crippen molar-refractivity contribution in [1.82, 2.24) is 9.97 Å². The SMILES string of the molecule is COc1ccc(N(C)c2nc(N)nc3sccc23)cc1. The van der Waals surface area contributed by atoms with Crippen molar-refractivity contribution in [3.05, 3.63) is 35.7 Å². The van der Waals surface area contributed by atoms with E-state index in [0.717, 1.165) is 27.5 Å². The van der Waals surface area contributed by atoms with E-state index in [-0.39, 0.29) is 5.95 Å². The first-order valence-corrected chi connectivity index (χ1v) is 6.95. The van der Waals surface area contributed by atoms with Crippen molar-refractivity contribution >= 4 is 39.0 Å². The first-order chi connectivity index (χ1) is 9.69. The lowest BCUT2D eigenvalue weighted by Crippen LogP contribution is -2.12. The summed E-state index contributed by atoms with van der Waals surface area (Å²) >= 11 is 1.56. The molecule has 5 nitrogen and oxygen atoms in total. The van der Waals surface area contributed by atoms with Crippen LogP contribution in [0.3, 0.4) is 0 Å². The summed E-state index contributed by atoms with van der Waals surface area (Å²) in [6.45, 7) is 0. The predicted octanol–water partition coefficient (Wildman–Crippen LogP) is 3.05. The van der Waals surface area contributed by atoms with E-state index >= 15 is 0 Å². The number of methoxy groups -OCH3 is 1. The zero-order valence-corrected chi connectivity index (χ0v) is 12.0. The van der Waals surface area contributed by atoms with Crippen LogP contribution in [-0.4, -0.2) is 24.1 Å². The second-order valence-electron chi connectivity index (χ2n) is 4.30. The Morgan fingerprint density at radius 1 is 1.15 bits per heavy atom. The lowest BCUT2D eigenvalue weighted by atomic mass is 10.2. The molecule has 1 aromatic carbocycles. The summed E-state index contributed by atoms with van der Waals surface area (Å²) in [6.07, 6.45) is 0. The van der Waals surface area contributed by atoms with E-state index < -0.39 is 0 Å². The van der Waals surface area contributed by atoms with Gasteiger partial charge in [-0.15, -0.1) is 11.3 Å². The molecule has 0 saturated heterocycles. The van der Waals surface area contributed by atoms with Crippen molar-refractivity contribution in [1.29, 1.82) is 0 Å². The summed E-state index contributed by atoms with van der Waals surface area (Å²) < 4.78 is 5.17. The fourth-order valence-corrected chi connectivity index (χ4v) is 2.81. The van der Waals surface area contributed by atoms with E-state index in [1.807, 2.05) is 47.7 Å². The maximum absolute atomic E-state index is 5.78. The summed E-state index contributed by atoms with van der Waals surface area (Å²) in [5.74, 6) is 1.92. The molecule has 0 fully saturated rings. The zero-order valence-electron chi connectivity index (χ0n) is 11.2. The van der Waals surface area contributed by atoms with Crippen LogP contribution in [0.5, 0.6) is 5.75 Å². The average molecular weight is 286 g/mol. The Bertz CT molecular complexity index is 739. The maximum atomic E-state index is 5.78. The minimum absolute atomic E-state index is 0.287. The zero-order chi connectivity index (χ0) is 14.1. The quantitative estimate of drug-likeness (QED) is 0.801. The number of thiophene rings is 1. The Kier molecular flexibility index (Phi) is 3.15. The Labute approximate surface area is 120 Å². The Hall–Kier alpha value is -2.34. The number of nitrogens with zero attached hydrogens (tertiary/aromatic N) is 3. The number of hydrogen-bond donors (Lipinski definition) is 1. The third-order valence-electron chi connectivity index (χ3n) is 3.10. The molecule has 0 saturated carbocycles. The first-order valence-electron chi connectivity index (χ1n) is 6.07. The summed E-state index contributed by atoms with van der Waals surface area (Å²) in [6, 6.07) is 9.81. The van der Waals surface area contributed by atoms with E-state index in [2.05, 4.69) is 9.97 Å². The predicted molar refractivity (Wildman–Crippen MR) is 82.9 cm³/mol. The van der Waals surface area contributed by atoms with Gasteiger partial charge in [-0.05, 0) is 35.7 Å². The van der Waals surface area contributed by atoms with Gasteiger partial charge >= 0.3 is 0 Å². The van der Waals surface area contributed by atoms with Crippen LogP contribution in [0.25, 0.3) is 10.2 Å². The highest BCUT2D eigenvalue weighted by Crippen LogP contribution is 2.32. The first kappa shape index (κ1) is 12.7. The maximum Gasteiger partial charge on any atom is 0.223 e. The van der Waals surface area contributed by atoms with Crippen molar-refractivity contribution in [2.75, 3.05) is 24.8 Å². The molecular formula is C14H14N4OS. The molecule has 3 rings (SSSR count). The molecule has 0 aliphatic rings. The number of fused-ring (bicyclic) bond motifs is 1. The minimum Gasteiger partial charge on any atom is -0.497 e. The highest BCUT2D eigenvalue weighted by atomic mass is 32.1. The van der Waals surface area contributed by atoms with Crippen LogP contribution in [0.4, 0.5) is 17.5 Å². The smallest absolute Gasteiger partial charge is 0.223 e. The van der Waals surface area contributed by atoms with E-state index in [4.69, 9.17) is 10.5 Å². The lowest BCUT2D eigenvalue weighted by molar-refractivity contribution is 0.415. The number of ether oxygens (including phenoxy) is 1. The topological polar surface area (TPSA) is 64.3 Å². The van der Waals surface area contributed by atoms with Gasteiger partial charge in [0.05, 0.1) is 12.5 Å². The molecule has 0 unspecified atom stereocenters. The van der Waals surface area contributed by atoms with Gasteiger partial charge in [-0.1, -0.05) is 0 Å². The van der Waals surface area contributed by atoms with Gasteiger partial charge in [0.25, 0.3) is 0 Å². The fourth-order valence-electron chi connectivity index (χ4n) is 2.04. The standard InChI is InChI=1S/C14H14N4OS/c1-18(9-3-5-10(19-2)6-4-9)12-11-7-8-20-13(11)17-14(15)16-12/h3-8H,1-2H3,(H2,15,16,17). The van der Waals surface area contributed by atoms with E-state index in [9.17, 15) is 0 Å². The third-order valence-corrected chi connectivity index (χ3v) is 3.91. The number of anilines is 3. The van der Waals surface area contributed by atoms with Gasteiger partial charge in [0, 0.05) is 12.7 Å². The largest absolute Gasteiger partial charge is 0.497 e. The van der Waals surface area contributed by atoms with Crippen LogP contribution < -0.4 is 15.4 Å². The lowest BCUT2D eigenvalue weighted by Gasteiger charge is -2.19. The normalized spacial score (nSPS) is 10.7. The van der Waals surface area contributed by atoms with Crippen molar-refractivity contribution < 1.29 is 4.74 Å². The molecule has 0 aliphatic carbocycles. The van der Waals surface area contributed by atoms with Crippen LogP contribution >= 0.6 is 11.3 Å². The van der Waals surface area contributed by atoms with E-state index in [1.165, 1.54) is 0 Å². The van der Waals surface area contributed by atoms with Gasteiger partial charge in [-0.2, -0.15) is 4.98 Å². The number of hydrogen-bond acceptors (Lipinski definition) is 6. The summed E-state index contributed by atoms with van der Waals surface area (Å²) in [4.78, 5) is 11.5. The van der Waals surface area contributed by atoms with Gasteiger partial charge in [-0.25, -0.2) is 4.98 Å². The van der Waals surface area contributed by atoms with Gasteiger partial charge < -0.3 is 15.4 Å². The van der Waals surface area contributed by atoms with Gasteiger partial charge in [0.1, 0.15) is 16.4 Å². The minimum atomic E-state index is 0.287. The molecule has 2 heterocycles. The highest BCUT2D eigenvalue weighted by Gasteiger charge is 2.13. The van der Waals surface area contributed by atoms with Gasteiger partial charge in [-0.3, -0.25) is 0 Å². The van der Waals surface area contributed by atoms with E-state index in [1.54, 1.807) is 18.4 Å². The Morgan fingerprint density at radius 3 is 2.60 bits per heavy atom. The molecule has 0 atom stereocenters. The molecule has 0 aliphatic heterocycles. The number of nitrogen functional groups attached to an aromatic ring is 1. The summed E-state index contributed by atoms with van der Waals surface area (Å²) in [5, 5.41) is 2.99. The number of rotatable bonds is 3. The third kappa shape index (κ3) is 2.14. The van der Waals surface area contributed by atoms with Crippen LogP contribution in [-0.2, 0) is 0 Å². The number of nitrogens with two attached hydrogens (primary N) is 1. The monoisotopic (exact) mass is 286 g/mol. The van der Waals surface area contributed by atoms with E-state index in [0.29, 0.717) is 0 Å². The molecule has 2 N–H and O–H groups in total.